The Hall–Kier alpha value is -0.975. The summed E-state index contributed by atoms with van der Waals surface area (Å²) in [6, 6.07) is 3.35. The molecule has 16 heavy (non-hydrogen) atoms. The minimum absolute atomic E-state index is 0.410. The van der Waals surface area contributed by atoms with Gasteiger partial charge in [-0.2, -0.15) is 4.91 Å². The molecule has 0 fully saturated rings. The molecule has 1 rings (SSSR count). The molecule has 0 bridgehead atoms. The van der Waals surface area contributed by atoms with Crippen LogP contribution in [0.25, 0.3) is 0 Å². The highest BCUT2D eigenvalue weighted by Crippen LogP contribution is 2.23. The van der Waals surface area contributed by atoms with Crippen molar-refractivity contribution >= 4 is 18.4 Å². The van der Waals surface area contributed by atoms with Crippen LogP contribution in [0.15, 0.2) is 35.3 Å². The Balaban J connectivity index is 2.67. The molecule has 6 heteroatoms. The smallest absolute Gasteiger partial charge is 0.376 e. The molecule has 1 atom stereocenters. The van der Waals surface area contributed by atoms with Gasteiger partial charge in [0.05, 0.1) is 0 Å². The molecule has 4 nitrogen and oxygen atoms in total. The van der Waals surface area contributed by atoms with Crippen LogP contribution in [0.3, 0.4) is 0 Å². The Labute approximate surface area is 99.7 Å². The zero-order valence-electron chi connectivity index (χ0n) is 9.24. The van der Waals surface area contributed by atoms with Gasteiger partial charge in [0.2, 0.25) is 0 Å². The quantitative estimate of drug-likeness (QED) is 0.450. The van der Waals surface area contributed by atoms with Gasteiger partial charge in [-0.3, -0.25) is 0 Å². The van der Waals surface area contributed by atoms with E-state index in [1.165, 1.54) is 11.3 Å². The maximum atomic E-state index is 10.8. The summed E-state index contributed by atoms with van der Waals surface area (Å²) in [5.41, 5.74) is 0. The molecule has 0 spiro atoms. The third-order valence-electron chi connectivity index (χ3n) is 2.30. The predicted octanol–water partition coefficient (Wildman–Crippen LogP) is 2.15. The lowest BCUT2D eigenvalue weighted by Gasteiger charge is -2.23. The molecule has 0 aromatic carbocycles. The first-order chi connectivity index (χ1) is 7.69. The van der Waals surface area contributed by atoms with Crippen LogP contribution < -0.4 is 0 Å². The molecule has 0 aliphatic heterocycles. The number of rotatable bonds is 7. The normalized spacial score (nSPS) is 12.4. The highest BCUT2D eigenvalue weighted by Gasteiger charge is 2.21. The van der Waals surface area contributed by atoms with E-state index >= 15 is 0 Å². The van der Waals surface area contributed by atoms with Crippen molar-refractivity contribution < 1.29 is 5.02 Å². The number of thiophene rings is 1. The van der Waals surface area contributed by atoms with Crippen LogP contribution in [0, 0.1) is 4.91 Å². The van der Waals surface area contributed by atoms with Crippen LogP contribution in [0.1, 0.15) is 10.9 Å². The highest BCUT2D eigenvalue weighted by atomic mass is 32.1. The highest BCUT2D eigenvalue weighted by molar-refractivity contribution is 7.10. The summed E-state index contributed by atoms with van der Waals surface area (Å²) in [4.78, 5) is 13.5. The Morgan fingerprint density at radius 3 is 3.00 bits per heavy atom. The van der Waals surface area contributed by atoms with Gasteiger partial charge in [-0.05, 0) is 18.3 Å². The van der Waals surface area contributed by atoms with Crippen molar-refractivity contribution in [3.05, 3.63) is 40.0 Å². The Bertz CT molecular complexity index is 330. The van der Waals surface area contributed by atoms with Crippen LogP contribution >= 0.6 is 11.3 Å². The third kappa shape index (κ3) is 3.55. The fraction of sp³-hybridized carbons (Fsp3) is 0.400. The maximum absolute atomic E-state index is 10.8. The molecule has 0 amide bonds. The summed E-state index contributed by atoms with van der Waals surface area (Å²) >= 11 is 1.50. The van der Waals surface area contributed by atoms with E-state index in [2.05, 4.69) is 11.8 Å². The largest absolute Gasteiger partial charge is 0.437 e. The number of nitrogens with zero attached hydrogens (tertiary/aromatic N) is 2. The summed E-state index contributed by atoms with van der Waals surface area (Å²) in [6.07, 6.45) is 1.70. The number of nitroso groups, excluding NO2 is 1. The van der Waals surface area contributed by atoms with Crippen molar-refractivity contribution in [1.29, 1.82) is 0 Å². The van der Waals surface area contributed by atoms with Gasteiger partial charge in [0.15, 0.2) is 0 Å². The fourth-order valence-corrected chi connectivity index (χ4v) is 2.17. The number of hydrogen-bond donors (Lipinski definition) is 1. The molecular formula is C10H15BN2O2S. The van der Waals surface area contributed by atoms with Crippen LogP contribution in [-0.4, -0.2) is 30.0 Å². The average molecular weight is 238 g/mol. The van der Waals surface area contributed by atoms with Gasteiger partial charge in [-0.15, -0.1) is 17.9 Å². The van der Waals surface area contributed by atoms with E-state index in [4.69, 9.17) is 0 Å². The second kappa shape index (κ2) is 6.57. The Kier molecular flexibility index (Phi) is 5.38. The summed E-state index contributed by atoms with van der Waals surface area (Å²) in [6.45, 7) is 6.23. The van der Waals surface area contributed by atoms with E-state index in [1.54, 1.807) is 17.7 Å². The molecule has 1 aromatic heterocycles. The molecule has 1 aromatic rings. The van der Waals surface area contributed by atoms with Gasteiger partial charge in [0.1, 0.15) is 6.04 Å². The molecule has 86 valence electrons. The number of hydrogen-bond acceptors (Lipinski definition) is 5. The van der Waals surface area contributed by atoms with Crippen molar-refractivity contribution in [3.8, 4) is 0 Å². The molecule has 0 saturated heterocycles. The van der Waals surface area contributed by atoms with E-state index in [0.29, 0.717) is 13.1 Å². The minimum atomic E-state index is -0.609. The zero-order valence-corrected chi connectivity index (χ0v) is 10.1. The summed E-state index contributed by atoms with van der Waals surface area (Å²) in [5, 5.41) is 14.5. The van der Waals surface area contributed by atoms with E-state index < -0.39 is 13.1 Å². The van der Waals surface area contributed by atoms with Gasteiger partial charge in [-0.25, -0.2) is 0 Å². The maximum Gasteiger partial charge on any atom is 0.376 e. The van der Waals surface area contributed by atoms with Gasteiger partial charge < -0.3 is 9.83 Å². The molecular weight excluding hydrogens is 223 g/mol. The lowest BCUT2D eigenvalue weighted by molar-refractivity contribution is 0.372. The third-order valence-corrected chi connectivity index (χ3v) is 3.27. The standard InChI is InChI=1S/C10H15BN2O2S/c1-3-6-13(11(2)14)8-9(12-15)10-5-4-7-16-10/h3-5,7,9,14H,1,6,8H2,2H3. The average Bonchev–Trinajstić information content (AvgIpc) is 2.77. The first kappa shape index (κ1) is 13.1. The first-order valence-corrected chi connectivity index (χ1v) is 5.96. The van der Waals surface area contributed by atoms with Gasteiger partial charge in [0, 0.05) is 18.0 Å². The van der Waals surface area contributed by atoms with E-state index in [0.717, 1.165) is 4.88 Å². The summed E-state index contributed by atoms with van der Waals surface area (Å²) in [7, 11) is -0.609. The van der Waals surface area contributed by atoms with Crippen LogP contribution in [-0.2, 0) is 0 Å². The van der Waals surface area contributed by atoms with Gasteiger partial charge >= 0.3 is 7.05 Å². The van der Waals surface area contributed by atoms with Crippen LogP contribution in [0.4, 0.5) is 0 Å². The Morgan fingerprint density at radius 1 is 1.81 bits per heavy atom. The monoisotopic (exact) mass is 238 g/mol. The Morgan fingerprint density at radius 2 is 2.56 bits per heavy atom. The van der Waals surface area contributed by atoms with Crippen molar-refractivity contribution in [3.63, 3.8) is 0 Å². The minimum Gasteiger partial charge on any atom is -0.437 e. The summed E-state index contributed by atoms with van der Waals surface area (Å²) < 4.78 is 0. The van der Waals surface area contributed by atoms with Crippen LogP contribution in [0.2, 0.25) is 6.82 Å². The van der Waals surface area contributed by atoms with E-state index in [9.17, 15) is 9.93 Å². The predicted molar refractivity (Wildman–Crippen MR) is 68.5 cm³/mol. The molecule has 0 aliphatic rings. The van der Waals surface area contributed by atoms with Crippen molar-refractivity contribution in [2.75, 3.05) is 13.1 Å². The van der Waals surface area contributed by atoms with Crippen molar-refractivity contribution in [1.82, 2.24) is 4.81 Å². The lowest BCUT2D eigenvalue weighted by atomic mass is 9.84. The topological polar surface area (TPSA) is 52.9 Å². The van der Waals surface area contributed by atoms with Crippen molar-refractivity contribution in [2.24, 2.45) is 5.18 Å². The van der Waals surface area contributed by atoms with E-state index in [-0.39, 0.29) is 0 Å². The second-order valence-corrected chi connectivity index (χ2v) is 4.49. The lowest BCUT2D eigenvalue weighted by Crippen LogP contribution is -2.39. The molecule has 1 heterocycles. The zero-order chi connectivity index (χ0) is 12.0. The molecule has 1 N–H and O–H groups in total. The molecule has 0 radical (unpaired) electrons. The van der Waals surface area contributed by atoms with Gasteiger partial charge in [-0.1, -0.05) is 17.3 Å². The molecule has 1 unspecified atom stereocenters. The van der Waals surface area contributed by atoms with Crippen LogP contribution in [0.5, 0.6) is 0 Å². The SMILES string of the molecule is C=CCN(CC(N=O)c1cccs1)B(C)O. The summed E-state index contributed by atoms with van der Waals surface area (Å²) in [5.74, 6) is 0. The van der Waals surface area contributed by atoms with Gasteiger partial charge in [0.25, 0.3) is 0 Å². The van der Waals surface area contributed by atoms with E-state index in [1.807, 2.05) is 17.5 Å². The fourth-order valence-electron chi connectivity index (χ4n) is 1.42. The van der Waals surface area contributed by atoms with Crippen molar-refractivity contribution in [2.45, 2.75) is 12.9 Å². The molecule has 0 saturated carbocycles. The first-order valence-electron chi connectivity index (χ1n) is 5.08. The molecule has 0 aliphatic carbocycles. The second-order valence-electron chi connectivity index (χ2n) is 3.51.